The Kier molecular flexibility index (Phi) is 12.4. The number of hydrogen-bond acceptors (Lipinski definition) is 15. The van der Waals surface area contributed by atoms with E-state index in [2.05, 4.69) is 24.6 Å². The van der Waals surface area contributed by atoms with Gasteiger partial charge in [0, 0.05) is 110 Å². The summed E-state index contributed by atoms with van der Waals surface area (Å²) in [5.41, 5.74) is 6.52. The van der Waals surface area contributed by atoms with Crippen LogP contribution in [0.3, 0.4) is 0 Å². The lowest BCUT2D eigenvalue weighted by Gasteiger charge is -3.09. The third-order valence-electron chi connectivity index (χ3n) is 24.5. The Balaban J connectivity index is 0.000000133. The highest BCUT2D eigenvalue weighted by molar-refractivity contribution is 7.18. The highest BCUT2D eigenvalue weighted by Gasteiger charge is 3.14. The third kappa shape index (κ3) is 6.44. The fraction of sp³-hybridized carbons (Fsp3) is 0.529. The molecule has 3 aliphatic heterocycles. The van der Waals surface area contributed by atoms with E-state index in [0.29, 0.717) is 60.2 Å². The van der Waals surface area contributed by atoms with Gasteiger partial charge in [-0.1, -0.05) is 7.43 Å². The van der Waals surface area contributed by atoms with E-state index in [1.807, 2.05) is 55.0 Å². The van der Waals surface area contributed by atoms with Crippen molar-refractivity contribution in [2.75, 3.05) is 52.0 Å². The predicted molar refractivity (Wildman–Crippen MR) is 346 cm³/mol. The summed E-state index contributed by atoms with van der Waals surface area (Å²) in [7, 11) is 0. The van der Waals surface area contributed by atoms with Gasteiger partial charge in [-0.25, -0.2) is 4.79 Å². The number of carbonyl (C=O) groups excluding carboxylic acids is 6. The van der Waals surface area contributed by atoms with Crippen LogP contribution in [0.25, 0.3) is 30.3 Å². The van der Waals surface area contributed by atoms with Crippen molar-refractivity contribution in [2.24, 2.45) is 92.7 Å². The van der Waals surface area contributed by atoms with Crippen LogP contribution in [0, 0.1) is 113 Å². The molecule has 3 aromatic heterocycles. The number of halogens is 3. The van der Waals surface area contributed by atoms with Crippen LogP contribution in [-0.2, 0) is 38.3 Å². The monoisotopic (exact) mass is 1350 g/mol. The van der Waals surface area contributed by atoms with Crippen molar-refractivity contribution in [3.05, 3.63) is 67.7 Å². The Morgan fingerprint density at radius 2 is 0.747 bits per heavy atom. The molecule has 0 radical (unpaired) electrons. The molecule has 6 heterocycles. The first-order valence-electron chi connectivity index (χ1n) is 30.8. The number of esters is 3. The maximum atomic E-state index is 14.8. The maximum absolute atomic E-state index is 14.8. The summed E-state index contributed by atoms with van der Waals surface area (Å²) in [6.07, 6.45) is -0.424. The van der Waals surface area contributed by atoms with Crippen LogP contribution in [0.2, 0.25) is 0 Å². The number of hydrogen-bond donors (Lipinski definition) is 2. The lowest BCUT2D eigenvalue weighted by atomic mass is 8.92. The van der Waals surface area contributed by atoms with Gasteiger partial charge in [0.05, 0.1) is 52.8 Å². The third-order valence-corrected chi connectivity index (χ3v) is 29.0. The van der Waals surface area contributed by atoms with E-state index in [4.69, 9.17) is 64.0 Å². The Morgan fingerprint density at radius 1 is 0.484 bits per heavy atom. The zero-order valence-electron chi connectivity index (χ0n) is 50.4. The van der Waals surface area contributed by atoms with Gasteiger partial charge in [0.2, 0.25) is 11.8 Å². The lowest BCUT2D eigenvalue weighted by molar-refractivity contribution is -0.628. The summed E-state index contributed by atoms with van der Waals surface area (Å²) in [6, 6.07) is 5.51. The summed E-state index contributed by atoms with van der Waals surface area (Å²) in [4.78, 5) is 106. The molecule has 3 aromatic carbocycles. The minimum Gasteiger partial charge on any atom is -0.481 e. The van der Waals surface area contributed by atoms with E-state index in [1.165, 1.54) is 32.1 Å². The van der Waals surface area contributed by atoms with Crippen LogP contribution in [0.4, 0.5) is 21.9 Å². The molecular weight excluding hydrogens is 1290 g/mol. The number of alkyl halides is 3. The average molecular weight is 1350 g/mol. The molecule has 17 nitrogen and oxygen atoms in total. The largest absolute Gasteiger partial charge is 0.481 e. The fourth-order valence-electron chi connectivity index (χ4n) is 22.4. The minimum atomic E-state index is -0.653. The highest BCUT2D eigenvalue weighted by atomic mass is 35.5. The molecule has 6 aromatic rings. The van der Waals surface area contributed by atoms with Gasteiger partial charge in [-0.2, -0.15) is 0 Å². The second kappa shape index (κ2) is 18.9. The second-order valence-electron chi connectivity index (χ2n) is 28.7. The summed E-state index contributed by atoms with van der Waals surface area (Å²) in [6.45, 7) is 17.2. The topological polar surface area (TPSA) is 224 Å². The first-order valence-corrected chi connectivity index (χ1v) is 35.0. The Bertz CT molecular complexity index is 4130. The summed E-state index contributed by atoms with van der Waals surface area (Å²) >= 11 is 24.0. The zero-order chi connectivity index (χ0) is 63.3. The molecule has 476 valence electrons. The standard InChI is InChI=1S/C38H32Cl2N2O6S2.C19H22ClNO4S.C10H8O4.CH4/c1-13-11-49-33-21(47-15(3)43)5-19-25(23(13)33)17(7-39)9-41(19)35(45)37-27-30-28(37)32-29(37)31(27)38(30,32)36(46)42-10-18(8-40)26-20(42)6-22(48-16(4)44)34-24(26)14(2)12-50-34;1-10-9-26-17-14(24-11(2)22)6-13-16(15(10)17)12(7-20)8-21(13)18(23)25-19(3,4)5;11-7(12)9-1-2-4(9)6-5(9)3(1)10(2,6)8(13)14;/h5-6,11-12,17-18,27-32H,7-10H2,1-4H3;6,9,12H,7-8H2,1-5H3;1-6H,(H,11,12)(H,13,14);1H4/t17-,18-,27?,28?,29?,30?,31?,32?,37?,38?;12-;;/m11../s1. The quantitative estimate of drug-likeness (QED) is 0.0740. The Morgan fingerprint density at radius 3 is 1.00 bits per heavy atom. The first-order chi connectivity index (χ1) is 42.8. The number of aryl methyl sites for hydroxylation is 3. The number of nitrogens with zero attached hydrogens (tertiary/aromatic N) is 3. The number of ether oxygens (including phenoxy) is 4. The molecule has 12 aliphatic carbocycles. The molecule has 2 N–H and O–H groups in total. The van der Waals surface area contributed by atoms with Crippen molar-refractivity contribution in [1.29, 1.82) is 0 Å². The number of carbonyl (C=O) groups is 8. The van der Waals surface area contributed by atoms with Crippen LogP contribution < -0.4 is 28.9 Å². The van der Waals surface area contributed by atoms with Crippen molar-refractivity contribution < 1.29 is 67.5 Å². The number of anilines is 3. The lowest BCUT2D eigenvalue weighted by Crippen LogP contribution is -3.12. The van der Waals surface area contributed by atoms with Crippen LogP contribution in [-0.4, -0.2) is 101 Å². The number of rotatable bonds is 10. The van der Waals surface area contributed by atoms with Crippen molar-refractivity contribution in [1.82, 2.24) is 0 Å². The van der Waals surface area contributed by atoms with Gasteiger partial charge in [-0.05, 0) is 162 Å². The number of fused-ring (bicyclic) bond motifs is 9. The van der Waals surface area contributed by atoms with Crippen LogP contribution in [0.5, 0.6) is 17.2 Å². The molecule has 12 fully saturated rings. The number of carboxylic acid groups (broad SMARTS) is 2. The number of carboxylic acids is 2. The van der Waals surface area contributed by atoms with Crippen LogP contribution in [0.1, 0.15) is 100 Å². The summed E-state index contributed by atoms with van der Waals surface area (Å²) < 4.78 is 25.1. The summed E-state index contributed by atoms with van der Waals surface area (Å²) in [5, 5.41) is 27.5. The van der Waals surface area contributed by atoms with E-state index in [-0.39, 0.29) is 108 Å². The SMILES string of the molecule is C.CC(=O)Oc1cc2c(c3c(C)csc13)[C@H](CCl)CN2C(=O)C12C3C4C1C1C2C3C41C(=O)N1C[C@@H](CCl)c2c1cc(OC(C)=O)c1scc(C)c21.CC(=O)Oc1cc2c(c3c(C)csc13)[C@H](CCl)CN2C(=O)OC(C)(C)C.O=C(O)C12C3C4C1C1C2C3C41C(=O)O. The van der Waals surface area contributed by atoms with Gasteiger partial charge in [-0.3, -0.25) is 38.5 Å². The molecule has 0 saturated heterocycles. The van der Waals surface area contributed by atoms with Gasteiger partial charge in [0.1, 0.15) is 5.60 Å². The van der Waals surface area contributed by atoms with E-state index in [1.54, 1.807) is 33.6 Å². The van der Waals surface area contributed by atoms with E-state index in [0.717, 1.165) is 75.0 Å². The van der Waals surface area contributed by atoms with Crippen molar-refractivity contribution >= 4 is 164 Å². The van der Waals surface area contributed by atoms with Gasteiger partial charge < -0.3 is 39.0 Å². The molecule has 23 heteroatoms. The Hall–Kier alpha value is -6.03. The van der Waals surface area contributed by atoms with E-state index < -0.39 is 63.2 Å². The molecule has 3 atom stereocenters. The van der Waals surface area contributed by atoms with Gasteiger partial charge in [-0.15, -0.1) is 68.8 Å². The van der Waals surface area contributed by atoms with Gasteiger partial charge in [0.15, 0.2) is 17.2 Å². The van der Waals surface area contributed by atoms with Gasteiger partial charge >= 0.3 is 35.9 Å². The molecule has 0 bridgehead atoms. The molecule has 12 saturated carbocycles. The number of amides is 3. The fourth-order valence-corrected chi connectivity index (χ4v) is 26.2. The maximum Gasteiger partial charge on any atom is 0.414 e. The molecule has 3 amide bonds. The van der Waals surface area contributed by atoms with Gasteiger partial charge in [0.25, 0.3) is 0 Å². The number of benzene rings is 3. The number of aliphatic carboxylic acids is 2. The molecule has 0 unspecified atom stereocenters. The smallest absolute Gasteiger partial charge is 0.414 e. The number of thiophene rings is 3. The zero-order valence-corrected chi connectivity index (χ0v) is 55.1. The normalized spacial score (nSPS) is 36.0. The molecule has 21 rings (SSSR count). The second-order valence-corrected chi connectivity index (χ2v) is 32.3. The Labute approximate surface area is 550 Å². The highest BCUT2D eigenvalue weighted by Crippen LogP contribution is 3.11. The van der Waals surface area contributed by atoms with Crippen molar-refractivity contribution in [3.8, 4) is 17.2 Å². The molecule has 91 heavy (non-hydrogen) atoms. The molecule has 15 aliphatic rings. The average Bonchev–Trinajstić information content (AvgIpc) is 0.692. The minimum absolute atomic E-state index is 0. The molecule has 0 spiro atoms. The van der Waals surface area contributed by atoms with E-state index >= 15 is 0 Å². The summed E-state index contributed by atoms with van der Waals surface area (Å²) in [5.74, 6) is 3.23. The molecular formula is C68H66Cl3N3O14S3. The van der Waals surface area contributed by atoms with Crippen molar-refractivity contribution in [2.45, 2.75) is 93.1 Å². The first kappa shape index (κ1) is 59.9. The predicted octanol–water partition coefficient (Wildman–Crippen LogP) is 13.1. The van der Waals surface area contributed by atoms with Crippen molar-refractivity contribution in [3.63, 3.8) is 0 Å². The van der Waals surface area contributed by atoms with Crippen LogP contribution in [0.15, 0.2) is 34.3 Å². The van der Waals surface area contributed by atoms with Crippen LogP contribution >= 0.6 is 68.8 Å². The van der Waals surface area contributed by atoms with E-state index in [9.17, 15) is 38.4 Å².